The lowest BCUT2D eigenvalue weighted by molar-refractivity contribution is 0.0907. The van der Waals surface area contributed by atoms with Crippen LogP contribution in [0, 0.1) is 0 Å². The Kier molecular flexibility index (Phi) is 6.19. The molecule has 0 radical (unpaired) electrons. The van der Waals surface area contributed by atoms with Crippen LogP contribution < -0.4 is 5.32 Å². The second kappa shape index (κ2) is 9.57. The Morgan fingerprint density at radius 2 is 1.67 bits per heavy atom. The van der Waals surface area contributed by atoms with Crippen LogP contribution >= 0.6 is 0 Å². The average Bonchev–Trinajstić information content (AvgIpc) is 3.29. The van der Waals surface area contributed by atoms with Crippen molar-refractivity contribution in [1.29, 1.82) is 0 Å². The predicted molar refractivity (Wildman–Crippen MR) is 130 cm³/mol. The van der Waals surface area contributed by atoms with Gasteiger partial charge in [-0.1, -0.05) is 65.8 Å². The Hall–Kier alpha value is -3.48. The van der Waals surface area contributed by atoms with Crippen LogP contribution in [-0.4, -0.2) is 60.6 Å². The minimum absolute atomic E-state index is 0.0890. The Labute approximate surface area is 193 Å². The van der Waals surface area contributed by atoms with Crippen LogP contribution in [0.3, 0.4) is 0 Å². The number of aromatic nitrogens is 1. The molecule has 6 nitrogen and oxygen atoms in total. The zero-order valence-electron chi connectivity index (χ0n) is 18.8. The van der Waals surface area contributed by atoms with Gasteiger partial charge in [0, 0.05) is 43.9 Å². The molecule has 168 valence electrons. The summed E-state index contributed by atoms with van der Waals surface area (Å²) in [5.41, 5.74) is 3.39. The molecule has 2 heterocycles. The quantitative estimate of drug-likeness (QED) is 0.487. The number of nitrogens with one attached hydrogen (secondary N) is 1. The molecule has 0 spiro atoms. The van der Waals surface area contributed by atoms with E-state index in [-0.39, 0.29) is 11.9 Å². The molecule has 6 heteroatoms. The third-order valence-corrected chi connectivity index (χ3v) is 6.32. The van der Waals surface area contributed by atoms with Crippen LogP contribution in [0.5, 0.6) is 0 Å². The van der Waals surface area contributed by atoms with Crippen LogP contribution in [0.4, 0.5) is 0 Å². The zero-order valence-corrected chi connectivity index (χ0v) is 18.8. The second-order valence-corrected chi connectivity index (χ2v) is 8.65. The summed E-state index contributed by atoms with van der Waals surface area (Å²) in [5.74, 6) is 0.581. The maximum atomic E-state index is 13.3. The number of carbonyl (C=O) groups excluding carboxylic acids is 1. The van der Waals surface area contributed by atoms with Crippen molar-refractivity contribution in [3.05, 3.63) is 90.0 Å². The number of amides is 1. The molecular weight excluding hydrogens is 412 g/mol. The van der Waals surface area contributed by atoms with Gasteiger partial charge >= 0.3 is 0 Å². The summed E-state index contributed by atoms with van der Waals surface area (Å²) in [5, 5.41) is 8.29. The average molecular weight is 441 g/mol. The van der Waals surface area contributed by atoms with E-state index in [1.165, 1.54) is 0 Å². The van der Waals surface area contributed by atoms with Crippen molar-refractivity contribution < 1.29 is 9.32 Å². The van der Waals surface area contributed by atoms with Crippen molar-refractivity contribution in [3.8, 4) is 11.3 Å². The van der Waals surface area contributed by atoms with Crippen molar-refractivity contribution in [1.82, 2.24) is 20.3 Å². The van der Waals surface area contributed by atoms with E-state index < -0.39 is 0 Å². The molecule has 0 saturated carbocycles. The minimum atomic E-state index is -0.0971. The molecule has 1 aliphatic rings. The van der Waals surface area contributed by atoms with Gasteiger partial charge in [-0.05, 0) is 30.8 Å². The molecule has 0 bridgehead atoms. The molecule has 1 N–H and O–H groups in total. The highest BCUT2D eigenvalue weighted by Gasteiger charge is 2.22. The first-order valence-electron chi connectivity index (χ1n) is 11.4. The lowest BCUT2D eigenvalue weighted by Gasteiger charge is -2.35. The maximum absolute atomic E-state index is 13.3. The van der Waals surface area contributed by atoms with E-state index in [9.17, 15) is 4.79 Å². The summed E-state index contributed by atoms with van der Waals surface area (Å²) in [6, 6.07) is 25.5. The SMILES string of the molecule is CN1CCN(CC(NC(=O)c2ccc3noc(-c4ccccc4)c3c2)c2ccccc2)CC1. The largest absolute Gasteiger partial charge is 0.355 e. The first kappa shape index (κ1) is 21.4. The van der Waals surface area contributed by atoms with Crippen LogP contribution in [0.2, 0.25) is 0 Å². The second-order valence-electron chi connectivity index (χ2n) is 8.65. The van der Waals surface area contributed by atoms with Gasteiger partial charge in [-0.25, -0.2) is 0 Å². The van der Waals surface area contributed by atoms with Gasteiger partial charge in [0.1, 0.15) is 5.52 Å². The third kappa shape index (κ3) is 4.82. The number of rotatable bonds is 6. The fourth-order valence-corrected chi connectivity index (χ4v) is 4.33. The van der Waals surface area contributed by atoms with E-state index >= 15 is 0 Å². The molecule has 1 aliphatic heterocycles. The smallest absolute Gasteiger partial charge is 0.251 e. The Morgan fingerprint density at radius 1 is 0.970 bits per heavy atom. The first-order chi connectivity index (χ1) is 16.2. The Balaban J connectivity index is 1.39. The molecule has 0 aliphatic carbocycles. The Morgan fingerprint density at radius 3 is 2.39 bits per heavy atom. The molecule has 1 unspecified atom stereocenters. The third-order valence-electron chi connectivity index (χ3n) is 6.32. The van der Waals surface area contributed by atoms with Gasteiger partial charge in [-0.15, -0.1) is 0 Å². The molecule has 1 aromatic heterocycles. The lowest BCUT2D eigenvalue weighted by Crippen LogP contribution is -2.47. The number of benzene rings is 3. The lowest BCUT2D eigenvalue weighted by atomic mass is 10.0. The van der Waals surface area contributed by atoms with Gasteiger partial charge in [0.2, 0.25) is 0 Å². The van der Waals surface area contributed by atoms with Crippen molar-refractivity contribution in [2.75, 3.05) is 39.8 Å². The summed E-state index contributed by atoms with van der Waals surface area (Å²) in [7, 11) is 2.15. The summed E-state index contributed by atoms with van der Waals surface area (Å²) < 4.78 is 5.60. The standard InChI is InChI=1S/C27H28N4O2/c1-30-14-16-31(17-15-30)19-25(20-8-4-2-5-9-20)28-27(32)22-12-13-24-23(18-22)26(33-29-24)21-10-6-3-7-11-21/h2-13,18,25H,14-17,19H2,1H3,(H,28,32). The number of fused-ring (bicyclic) bond motifs is 1. The van der Waals surface area contributed by atoms with E-state index in [0.29, 0.717) is 11.3 Å². The fraction of sp³-hybridized carbons (Fsp3) is 0.259. The number of piperazine rings is 1. The van der Waals surface area contributed by atoms with E-state index in [2.05, 4.69) is 39.5 Å². The number of hydrogen-bond acceptors (Lipinski definition) is 5. The maximum Gasteiger partial charge on any atom is 0.251 e. The monoisotopic (exact) mass is 440 g/mol. The van der Waals surface area contributed by atoms with Crippen LogP contribution in [0.25, 0.3) is 22.2 Å². The number of carbonyl (C=O) groups is 1. The molecular formula is C27H28N4O2. The molecule has 1 saturated heterocycles. The summed E-state index contributed by atoms with van der Waals surface area (Å²) in [6.45, 7) is 4.88. The Bertz CT molecular complexity index is 1210. The minimum Gasteiger partial charge on any atom is -0.355 e. The van der Waals surface area contributed by atoms with Gasteiger partial charge in [0.05, 0.1) is 11.4 Å². The summed E-state index contributed by atoms with van der Waals surface area (Å²) in [4.78, 5) is 18.1. The molecule has 1 amide bonds. The predicted octanol–water partition coefficient (Wildman–Crippen LogP) is 4.21. The molecule has 1 atom stereocenters. The summed E-state index contributed by atoms with van der Waals surface area (Å²) >= 11 is 0. The zero-order chi connectivity index (χ0) is 22.6. The molecule has 5 rings (SSSR count). The van der Waals surface area contributed by atoms with Gasteiger partial charge in [-0.3, -0.25) is 9.69 Å². The molecule has 33 heavy (non-hydrogen) atoms. The van der Waals surface area contributed by atoms with Crippen molar-refractivity contribution in [3.63, 3.8) is 0 Å². The van der Waals surface area contributed by atoms with Gasteiger partial charge in [0.25, 0.3) is 5.91 Å². The molecule has 3 aromatic carbocycles. The van der Waals surface area contributed by atoms with Crippen molar-refractivity contribution in [2.45, 2.75) is 6.04 Å². The van der Waals surface area contributed by atoms with Crippen molar-refractivity contribution >= 4 is 16.8 Å². The van der Waals surface area contributed by atoms with E-state index in [0.717, 1.165) is 54.8 Å². The highest BCUT2D eigenvalue weighted by atomic mass is 16.5. The fourth-order valence-electron chi connectivity index (χ4n) is 4.33. The highest BCUT2D eigenvalue weighted by Crippen LogP contribution is 2.29. The van der Waals surface area contributed by atoms with Crippen LogP contribution in [0.1, 0.15) is 22.0 Å². The van der Waals surface area contributed by atoms with Crippen LogP contribution in [-0.2, 0) is 0 Å². The van der Waals surface area contributed by atoms with E-state index in [1.54, 1.807) is 0 Å². The summed E-state index contributed by atoms with van der Waals surface area (Å²) in [6.07, 6.45) is 0. The normalized spacial score (nSPS) is 16.0. The van der Waals surface area contributed by atoms with Gasteiger partial charge in [-0.2, -0.15) is 0 Å². The molecule has 4 aromatic rings. The van der Waals surface area contributed by atoms with Gasteiger partial charge in [0.15, 0.2) is 5.76 Å². The van der Waals surface area contributed by atoms with Crippen molar-refractivity contribution in [2.24, 2.45) is 0 Å². The number of nitrogens with zero attached hydrogens (tertiary/aromatic N) is 3. The topological polar surface area (TPSA) is 61.6 Å². The van der Waals surface area contributed by atoms with E-state index in [1.807, 2.05) is 66.7 Å². The van der Waals surface area contributed by atoms with Gasteiger partial charge < -0.3 is 14.7 Å². The van der Waals surface area contributed by atoms with E-state index in [4.69, 9.17) is 4.52 Å². The molecule has 1 fully saturated rings. The first-order valence-corrected chi connectivity index (χ1v) is 11.4. The van der Waals surface area contributed by atoms with Crippen LogP contribution in [0.15, 0.2) is 83.4 Å². The highest BCUT2D eigenvalue weighted by molar-refractivity contribution is 6.01. The number of likely N-dealkylation sites (N-methyl/N-ethyl adjacent to an activating group) is 1. The number of hydrogen-bond donors (Lipinski definition) is 1.